The lowest BCUT2D eigenvalue weighted by atomic mass is 9.80. The largest absolute Gasteiger partial charge is 0.497 e. The average molecular weight is 363 g/mol. The number of hydrogen-bond donors (Lipinski definition) is 2. The van der Waals surface area contributed by atoms with Gasteiger partial charge < -0.3 is 19.9 Å². The van der Waals surface area contributed by atoms with Crippen molar-refractivity contribution in [3.8, 4) is 5.75 Å². The topological polar surface area (TPSA) is 84.9 Å². The van der Waals surface area contributed by atoms with Gasteiger partial charge in [0.05, 0.1) is 17.4 Å². The Balaban J connectivity index is 1.80. The molecule has 0 spiro atoms. The maximum absolute atomic E-state index is 12.6. The third-order valence-electron chi connectivity index (χ3n) is 4.84. The maximum atomic E-state index is 12.6. The van der Waals surface area contributed by atoms with Gasteiger partial charge in [0.15, 0.2) is 0 Å². The van der Waals surface area contributed by atoms with E-state index in [0.717, 1.165) is 21.4 Å². The van der Waals surface area contributed by atoms with E-state index < -0.39 is 11.4 Å². The highest BCUT2D eigenvalue weighted by Crippen LogP contribution is 2.34. The summed E-state index contributed by atoms with van der Waals surface area (Å²) in [7, 11) is 1.61. The van der Waals surface area contributed by atoms with Gasteiger partial charge in [0.25, 0.3) is 5.91 Å². The summed E-state index contributed by atoms with van der Waals surface area (Å²) in [4.78, 5) is 24.9. The summed E-state index contributed by atoms with van der Waals surface area (Å²) in [5, 5.41) is 13.4. The number of carboxylic acid groups (broad SMARTS) is 1. The summed E-state index contributed by atoms with van der Waals surface area (Å²) < 4.78 is 11.5. The predicted molar refractivity (Wildman–Crippen MR) is 95.6 cm³/mol. The lowest BCUT2D eigenvalue weighted by molar-refractivity contribution is -0.154. The molecule has 1 aromatic heterocycles. The number of nitrogens with one attached hydrogen (secondary N) is 1. The molecule has 134 valence electrons. The molecule has 2 N–H and O–H groups in total. The molecule has 1 amide bonds. The lowest BCUT2D eigenvalue weighted by Crippen LogP contribution is -2.46. The first kappa shape index (κ1) is 17.7. The number of aryl methyl sites for hydroxylation is 1. The second kappa shape index (κ2) is 7.01. The summed E-state index contributed by atoms with van der Waals surface area (Å²) in [5.41, 5.74) is -0.0606. The normalized spacial score (nSPS) is 16.6. The van der Waals surface area contributed by atoms with Crippen molar-refractivity contribution in [2.75, 3.05) is 26.9 Å². The van der Waals surface area contributed by atoms with E-state index >= 15 is 0 Å². The Kier molecular flexibility index (Phi) is 4.96. The number of carbonyl (C=O) groups excluding carboxylic acids is 1. The molecular formula is C18H21NO5S. The number of hydrogen-bond acceptors (Lipinski definition) is 5. The summed E-state index contributed by atoms with van der Waals surface area (Å²) in [5.74, 6) is -0.369. The van der Waals surface area contributed by atoms with Crippen LogP contribution in [0.3, 0.4) is 0 Å². The number of aliphatic carboxylic acids is 1. The Morgan fingerprint density at radius 2 is 2.08 bits per heavy atom. The van der Waals surface area contributed by atoms with E-state index in [4.69, 9.17) is 9.47 Å². The van der Waals surface area contributed by atoms with Crippen LogP contribution in [0, 0.1) is 12.3 Å². The van der Waals surface area contributed by atoms with Crippen LogP contribution in [-0.4, -0.2) is 43.9 Å². The predicted octanol–water partition coefficient (Wildman–Crippen LogP) is 2.83. The highest BCUT2D eigenvalue weighted by Gasteiger charge is 2.40. The number of thiophene rings is 1. The van der Waals surface area contributed by atoms with Crippen molar-refractivity contribution in [1.29, 1.82) is 0 Å². The van der Waals surface area contributed by atoms with Crippen LogP contribution in [0.15, 0.2) is 18.2 Å². The third-order valence-corrected chi connectivity index (χ3v) is 6.11. The molecule has 0 saturated carbocycles. The minimum absolute atomic E-state index is 0.113. The van der Waals surface area contributed by atoms with Gasteiger partial charge in [-0.15, -0.1) is 11.3 Å². The molecule has 7 heteroatoms. The summed E-state index contributed by atoms with van der Waals surface area (Å²) >= 11 is 1.41. The fourth-order valence-corrected chi connectivity index (χ4v) is 4.21. The van der Waals surface area contributed by atoms with Gasteiger partial charge in [-0.1, -0.05) is 0 Å². The molecule has 1 aliphatic rings. The molecule has 2 aromatic rings. The SMILES string of the molecule is COc1ccc2sc(C(=O)NCC3(C(=O)O)CCOCC3)c(C)c2c1. The van der Waals surface area contributed by atoms with Crippen molar-refractivity contribution in [2.24, 2.45) is 5.41 Å². The van der Waals surface area contributed by atoms with Gasteiger partial charge in [-0.3, -0.25) is 9.59 Å². The molecule has 1 saturated heterocycles. The van der Waals surface area contributed by atoms with Crippen molar-refractivity contribution in [1.82, 2.24) is 5.32 Å². The zero-order chi connectivity index (χ0) is 18.0. The molecule has 1 aromatic carbocycles. The monoisotopic (exact) mass is 363 g/mol. The molecule has 2 heterocycles. The average Bonchev–Trinajstić information content (AvgIpc) is 2.96. The molecule has 0 radical (unpaired) electrons. The fourth-order valence-electron chi connectivity index (χ4n) is 3.10. The molecule has 0 aliphatic carbocycles. The van der Waals surface area contributed by atoms with Crippen LogP contribution in [0.2, 0.25) is 0 Å². The summed E-state index contributed by atoms with van der Waals surface area (Å²) in [6.45, 7) is 2.82. The number of fused-ring (bicyclic) bond motifs is 1. The quantitative estimate of drug-likeness (QED) is 0.853. The maximum Gasteiger partial charge on any atom is 0.311 e. The molecule has 0 bridgehead atoms. The molecular weight excluding hydrogens is 342 g/mol. The van der Waals surface area contributed by atoms with E-state index in [0.29, 0.717) is 30.9 Å². The van der Waals surface area contributed by atoms with Crippen molar-refractivity contribution < 1.29 is 24.2 Å². The molecule has 3 rings (SSSR count). The minimum Gasteiger partial charge on any atom is -0.497 e. The first-order chi connectivity index (χ1) is 12.0. The van der Waals surface area contributed by atoms with Crippen molar-refractivity contribution in [2.45, 2.75) is 19.8 Å². The van der Waals surface area contributed by atoms with Crippen LogP contribution in [0.25, 0.3) is 10.1 Å². The molecule has 25 heavy (non-hydrogen) atoms. The van der Waals surface area contributed by atoms with E-state index in [1.165, 1.54) is 11.3 Å². The second-order valence-corrected chi connectivity index (χ2v) is 7.35. The number of amides is 1. The van der Waals surface area contributed by atoms with Gasteiger partial charge in [0.1, 0.15) is 5.75 Å². The van der Waals surface area contributed by atoms with Crippen LogP contribution in [-0.2, 0) is 9.53 Å². The van der Waals surface area contributed by atoms with E-state index in [1.54, 1.807) is 7.11 Å². The lowest BCUT2D eigenvalue weighted by Gasteiger charge is -2.33. The fraction of sp³-hybridized carbons (Fsp3) is 0.444. The zero-order valence-corrected chi connectivity index (χ0v) is 15.1. The second-order valence-electron chi connectivity index (χ2n) is 6.30. The molecule has 6 nitrogen and oxygen atoms in total. The smallest absolute Gasteiger partial charge is 0.311 e. The Morgan fingerprint density at radius 1 is 1.36 bits per heavy atom. The Labute approximate surface area is 149 Å². The third kappa shape index (κ3) is 3.34. The Morgan fingerprint density at radius 3 is 2.72 bits per heavy atom. The molecule has 1 aliphatic heterocycles. The standard InChI is InChI=1S/C18H21NO5S/c1-11-13-9-12(23-2)3-4-14(13)25-15(11)16(20)19-10-18(17(21)22)5-7-24-8-6-18/h3-4,9H,5-8,10H2,1-2H3,(H,19,20)(H,21,22). The van der Waals surface area contributed by atoms with E-state index in [1.807, 2.05) is 25.1 Å². The van der Waals surface area contributed by atoms with Gasteiger partial charge in [-0.05, 0) is 48.9 Å². The number of rotatable bonds is 5. The first-order valence-corrected chi connectivity index (χ1v) is 8.95. The summed E-state index contributed by atoms with van der Waals surface area (Å²) in [6.07, 6.45) is 0.816. The van der Waals surface area contributed by atoms with Crippen LogP contribution in [0.5, 0.6) is 5.75 Å². The van der Waals surface area contributed by atoms with E-state index in [2.05, 4.69) is 5.32 Å². The van der Waals surface area contributed by atoms with Crippen LogP contribution >= 0.6 is 11.3 Å². The van der Waals surface area contributed by atoms with Crippen LogP contribution in [0.1, 0.15) is 28.1 Å². The Hall–Kier alpha value is -2.12. The number of ether oxygens (including phenoxy) is 2. The van der Waals surface area contributed by atoms with Crippen molar-refractivity contribution in [3.63, 3.8) is 0 Å². The van der Waals surface area contributed by atoms with E-state index in [-0.39, 0.29) is 12.5 Å². The van der Waals surface area contributed by atoms with Gasteiger partial charge >= 0.3 is 5.97 Å². The number of carboxylic acids is 1. The van der Waals surface area contributed by atoms with Gasteiger partial charge in [-0.2, -0.15) is 0 Å². The highest BCUT2D eigenvalue weighted by molar-refractivity contribution is 7.21. The first-order valence-electron chi connectivity index (χ1n) is 8.13. The molecule has 0 atom stereocenters. The van der Waals surface area contributed by atoms with Gasteiger partial charge in [-0.25, -0.2) is 0 Å². The molecule has 1 fully saturated rings. The van der Waals surface area contributed by atoms with Crippen LogP contribution in [0.4, 0.5) is 0 Å². The molecule has 0 unspecified atom stereocenters. The van der Waals surface area contributed by atoms with Crippen LogP contribution < -0.4 is 10.1 Å². The van der Waals surface area contributed by atoms with E-state index in [9.17, 15) is 14.7 Å². The minimum atomic E-state index is -0.943. The van der Waals surface area contributed by atoms with Crippen molar-refractivity contribution >= 4 is 33.3 Å². The van der Waals surface area contributed by atoms with Gasteiger partial charge in [0, 0.05) is 24.5 Å². The number of carbonyl (C=O) groups is 2. The van der Waals surface area contributed by atoms with Gasteiger partial charge in [0.2, 0.25) is 0 Å². The highest BCUT2D eigenvalue weighted by atomic mass is 32.1. The number of benzene rings is 1. The van der Waals surface area contributed by atoms with Crippen molar-refractivity contribution in [3.05, 3.63) is 28.6 Å². The Bertz CT molecular complexity index is 807. The summed E-state index contributed by atoms with van der Waals surface area (Å²) in [6, 6.07) is 5.70. The number of methoxy groups -OCH3 is 1. The zero-order valence-electron chi connectivity index (χ0n) is 14.3.